The first kappa shape index (κ1) is 20.5. The minimum atomic E-state index is -3.40. The van der Waals surface area contributed by atoms with Crippen LogP contribution in [-0.2, 0) is 10.0 Å². The van der Waals surface area contributed by atoms with Gasteiger partial charge < -0.3 is 10.2 Å². The first-order chi connectivity index (χ1) is 12.0. The first-order valence-electron chi connectivity index (χ1n) is 8.63. The SMILES string of the molecule is CCNC(=NCCN(C)S(=O)(=O)c1cccs1)N1CCSC(CC)C1. The van der Waals surface area contributed by atoms with Gasteiger partial charge in [-0.1, -0.05) is 13.0 Å². The molecule has 25 heavy (non-hydrogen) atoms. The Morgan fingerprint density at radius 1 is 1.48 bits per heavy atom. The van der Waals surface area contributed by atoms with Crippen LogP contribution in [0.15, 0.2) is 26.7 Å². The predicted octanol–water partition coefficient (Wildman–Crippen LogP) is 2.16. The molecule has 1 aromatic heterocycles. The zero-order chi connectivity index (χ0) is 18.3. The van der Waals surface area contributed by atoms with Gasteiger partial charge in [-0.3, -0.25) is 4.99 Å². The van der Waals surface area contributed by atoms with E-state index in [1.807, 2.05) is 11.8 Å². The maximum absolute atomic E-state index is 12.4. The normalized spacial score (nSPS) is 19.4. The topological polar surface area (TPSA) is 65.0 Å². The molecule has 0 bridgehead atoms. The Balaban J connectivity index is 1.97. The van der Waals surface area contributed by atoms with Crippen LogP contribution in [0.2, 0.25) is 0 Å². The zero-order valence-corrected chi connectivity index (χ0v) is 17.6. The predicted molar refractivity (Wildman–Crippen MR) is 108 cm³/mol. The van der Waals surface area contributed by atoms with Crippen molar-refractivity contribution in [2.45, 2.75) is 29.7 Å². The lowest BCUT2D eigenvalue weighted by atomic mass is 10.3. The van der Waals surface area contributed by atoms with E-state index in [2.05, 4.69) is 29.1 Å². The Morgan fingerprint density at radius 2 is 2.28 bits per heavy atom. The van der Waals surface area contributed by atoms with Crippen molar-refractivity contribution >= 4 is 39.1 Å². The van der Waals surface area contributed by atoms with Crippen LogP contribution in [-0.4, -0.2) is 74.4 Å². The molecule has 1 saturated heterocycles. The van der Waals surface area contributed by atoms with E-state index in [-0.39, 0.29) is 0 Å². The van der Waals surface area contributed by atoms with Crippen LogP contribution in [0.5, 0.6) is 0 Å². The van der Waals surface area contributed by atoms with E-state index in [1.54, 1.807) is 24.6 Å². The molecular formula is C16H28N4O2S3. The lowest BCUT2D eigenvalue weighted by molar-refractivity contribution is 0.406. The number of likely N-dealkylation sites (N-methyl/N-ethyl adjacent to an activating group) is 1. The molecule has 0 saturated carbocycles. The van der Waals surface area contributed by atoms with Crippen molar-refractivity contribution in [3.05, 3.63) is 17.5 Å². The molecule has 0 aromatic carbocycles. The Kier molecular flexibility index (Phi) is 8.05. The molecule has 1 aromatic rings. The summed E-state index contributed by atoms with van der Waals surface area (Å²) in [4.78, 5) is 6.95. The highest BCUT2D eigenvalue weighted by molar-refractivity contribution is 8.00. The summed E-state index contributed by atoms with van der Waals surface area (Å²) in [5, 5.41) is 5.75. The zero-order valence-electron chi connectivity index (χ0n) is 15.1. The summed E-state index contributed by atoms with van der Waals surface area (Å²) < 4.78 is 26.6. The summed E-state index contributed by atoms with van der Waals surface area (Å²) >= 11 is 3.27. The van der Waals surface area contributed by atoms with Crippen molar-refractivity contribution in [3.63, 3.8) is 0 Å². The second-order valence-corrected chi connectivity index (χ2v) is 10.5. The molecule has 6 nitrogen and oxygen atoms in total. The third kappa shape index (κ3) is 5.60. The maximum atomic E-state index is 12.4. The number of aliphatic imine (C=N–C) groups is 1. The van der Waals surface area contributed by atoms with E-state index in [4.69, 9.17) is 0 Å². The van der Waals surface area contributed by atoms with Crippen molar-refractivity contribution in [1.29, 1.82) is 0 Å². The molecule has 1 unspecified atom stereocenters. The molecule has 1 atom stereocenters. The van der Waals surface area contributed by atoms with Crippen LogP contribution in [0.3, 0.4) is 0 Å². The number of rotatable bonds is 7. The Bertz CT molecular complexity index is 646. The number of nitrogens with one attached hydrogen (secondary N) is 1. The van der Waals surface area contributed by atoms with Crippen LogP contribution in [0, 0.1) is 0 Å². The number of sulfonamides is 1. The largest absolute Gasteiger partial charge is 0.357 e. The van der Waals surface area contributed by atoms with Gasteiger partial charge in [0.2, 0.25) is 0 Å². The summed E-state index contributed by atoms with van der Waals surface area (Å²) in [6.45, 7) is 7.88. The van der Waals surface area contributed by atoms with Crippen LogP contribution in [0.4, 0.5) is 0 Å². The van der Waals surface area contributed by atoms with Gasteiger partial charge in [0, 0.05) is 44.2 Å². The van der Waals surface area contributed by atoms with Gasteiger partial charge in [0.1, 0.15) is 4.21 Å². The number of hydrogen-bond donors (Lipinski definition) is 1. The summed E-state index contributed by atoms with van der Waals surface area (Å²) in [7, 11) is -1.78. The molecule has 142 valence electrons. The second-order valence-electron chi connectivity index (χ2n) is 5.84. The number of thioether (sulfide) groups is 1. The fraction of sp³-hybridized carbons (Fsp3) is 0.688. The molecule has 1 N–H and O–H groups in total. The van der Waals surface area contributed by atoms with Crippen LogP contribution >= 0.6 is 23.1 Å². The maximum Gasteiger partial charge on any atom is 0.252 e. The summed E-state index contributed by atoms with van der Waals surface area (Å²) in [6, 6.07) is 3.39. The van der Waals surface area contributed by atoms with Crippen molar-refractivity contribution in [1.82, 2.24) is 14.5 Å². The molecule has 0 amide bonds. The summed E-state index contributed by atoms with van der Waals surface area (Å²) in [5.41, 5.74) is 0. The number of guanidine groups is 1. The monoisotopic (exact) mass is 404 g/mol. The molecule has 0 aliphatic carbocycles. The fourth-order valence-corrected chi connectivity index (χ4v) is 6.11. The van der Waals surface area contributed by atoms with Gasteiger partial charge in [0.15, 0.2) is 5.96 Å². The van der Waals surface area contributed by atoms with Crippen molar-refractivity contribution in [2.75, 3.05) is 45.5 Å². The quantitative estimate of drug-likeness (QED) is 0.557. The third-order valence-corrected chi connectivity index (χ3v) is 8.67. The smallest absolute Gasteiger partial charge is 0.252 e. The summed E-state index contributed by atoms with van der Waals surface area (Å²) in [5.74, 6) is 2.00. The van der Waals surface area contributed by atoms with E-state index < -0.39 is 10.0 Å². The molecule has 2 rings (SSSR count). The van der Waals surface area contributed by atoms with Crippen LogP contribution in [0.1, 0.15) is 20.3 Å². The average molecular weight is 405 g/mol. The standard InChI is InChI=1S/C16H28N4O2S3/c1-4-14-13-20(10-12-23-14)16(17-5-2)18-8-9-19(3)25(21,22)15-7-6-11-24-15/h6-7,11,14H,4-5,8-10,12-13H2,1-3H3,(H,17,18). The van der Waals surface area contributed by atoms with Gasteiger partial charge in [0.05, 0.1) is 6.54 Å². The van der Waals surface area contributed by atoms with Gasteiger partial charge in [-0.25, -0.2) is 8.42 Å². The van der Waals surface area contributed by atoms with E-state index in [0.29, 0.717) is 22.5 Å². The molecule has 2 heterocycles. The Hall–Kier alpha value is -0.770. The highest BCUT2D eigenvalue weighted by Crippen LogP contribution is 2.21. The van der Waals surface area contributed by atoms with Gasteiger partial charge in [-0.05, 0) is 24.8 Å². The molecule has 0 spiro atoms. The van der Waals surface area contributed by atoms with E-state index >= 15 is 0 Å². The highest BCUT2D eigenvalue weighted by Gasteiger charge is 2.23. The van der Waals surface area contributed by atoms with E-state index in [1.165, 1.54) is 15.6 Å². The third-order valence-electron chi connectivity index (χ3n) is 4.06. The van der Waals surface area contributed by atoms with E-state index in [0.717, 1.165) is 37.8 Å². The molecular weight excluding hydrogens is 376 g/mol. The molecule has 1 aliphatic heterocycles. The Labute approximate surface area is 159 Å². The molecule has 1 aliphatic rings. The fourth-order valence-electron chi connectivity index (χ4n) is 2.57. The van der Waals surface area contributed by atoms with Crippen molar-refractivity contribution in [3.8, 4) is 0 Å². The highest BCUT2D eigenvalue weighted by atomic mass is 32.2. The molecule has 1 fully saturated rings. The minimum absolute atomic E-state index is 0.370. The van der Waals surface area contributed by atoms with Crippen molar-refractivity contribution < 1.29 is 8.42 Å². The lowest BCUT2D eigenvalue weighted by Crippen LogP contribution is -2.48. The average Bonchev–Trinajstić information content (AvgIpc) is 3.16. The van der Waals surface area contributed by atoms with Gasteiger partial charge in [-0.15, -0.1) is 11.3 Å². The first-order valence-corrected chi connectivity index (χ1v) is 12.0. The van der Waals surface area contributed by atoms with Crippen LogP contribution in [0.25, 0.3) is 0 Å². The lowest BCUT2D eigenvalue weighted by Gasteiger charge is -2.34. The summed E-state index contributed by atoms with van der Waals surface area (Å²) in [6.07, 6.45) is 1.16. The van der Waals surface area contributed by atoms with Crippen molar-refractivity contribution in [2.24, 2.45) is 4.99 Å². The molecule has 0 radical (unpaired) electrons. The van der Waals surface area contributed by atoms with Gasteiger partial charge in [0.25, 0.3) is 10.0 Å². The van der Waals surface area contributed by atoms with Gasteiger partial charge >= 0.3 is 0 Å². The van der Waals surface area contributed by atoms with Gasteiger partial charge in [-0.2, -0.15) is 16.1 Å². The number of nitrogens with zero attached hydrogens (tertiary/aromatic N) is 3. The number of hydrogen-bond acceptors (Lipinski definition) is 5. The van der Waals surface area contributed by atoms with E-state index in [9.17, 15) is 8.42 Å². The Morgan fingerprint density at radius 3 is 2.92 bits per heavy atom. The second kappa shape index (κ2) is 9.80. The minimum Gasteiger partial charge on any atom is -0.357 e. The molecule has 9 heteroatoms. The number of thiophene rings is 1. The van der Waals surface area contributed by atoms with Crippen LogP contribution < -0.4 is 5.32 Å².